The fraction of sp³-hybridized carbons (Fsp3) is 0.429. The number of aromatic nitrogens is 2. The fourth-order valence-electron chi connectivity index (χ4n) is 2.53. The molecule has 0 aromatic carbocycles. The second-order valence-corrected chi connectivity index (χ2v) is 6.54. The first-order chi connectivity index (χ1) is 9.97. The van der Waals surface area contributed by atoms with E-state index in [4.69, 9.17) is 16.0 Å². The molecular weight excluding hydrogens is 310 g/mol. The van der Waals surface area contributed by atoms with Gasteiger partial charge in [0.15, 0.2) is 0 Å². The molecule has 1 aliphatic rings. The van der Waals surface area contributed by atoms with Crippen LogP contribution in [0.3, 0.4) is 0 Å². The number of rotatable bonds is 3. The lowest BCUT2D eigenvalue weighted by atomic mass is 10.2. The second-order valence-electron chi connectivity index (χ2n) is 5.11. The van der Waals surface area contributed by atoms with Gasteiger partial charge in [-0.1, -0.05) is 11.6 Å². The molecule has 0 saturated carbocycles. The van der Waals surface area contributed by atoms with Gasteiger partial charge in [-0.2, -0.15) is 5.10 Å². The summed E-state index contributed by atoms with van der Waals surface area (Å²) in [6.45, 7) is 4.26. The molecule has 1 fully saturated rings. The number of amides is 1. The first kappa shape index (κ1) is 14.5. The van der Waals surface area contributed by atoms with Crippen LogP contribution in [-0.4, -0.2) is 26.3 Å². The van der Waals surface area contributed by atoms with Gasteiger partial charge in [-0.25, -0.2) is 0 Å². The Balaban J connectivity index is 1.92. The van der Waals surface area contributed by atoms with E-state index in [0.717, 1.165) is 22.8 Å². The average Bonchev–Trinajstić information content (AvgIpc) is 3.05. The van der Waals surface area contributed by atoms with Crippen LogP contribution in [0.15, 0.2) is 16.5 Å². The van der Waals surface area contributed by atoms with E-state index in [1.807, 2.05) is 26.0 Å². The molecule has 3 heterocycles. The summed E-state index contributed by atoms with van der Waals surface area (Å²) in [7, 11) is 1.81. The zero-order chi connectivity index (χ0) is 15.1. The molecule has 1 unspecified atom stereocenters. The lowest BCUT2D eigenvalue weighted by Crippen LogP contribution is -2.27. The number of carbonyl (C=O) groups is 1. The van der Waals surface area contributed by atoms with Crippen molar-refractivity contribution in [1.82, 2.24) is 14.7 Å². The van der Waals surface area contributed by atoms with Crippen molar-refractivity contribution in [2.24, 2.45) is 7.05 Å². The van der Waals surface area contributed by atoms with Gasteiger partial charge >= 0.3 is 0 Å². The Kier molecular flexibility index (Phi) is 3.75. The van der Waals surface area contributed by atoms with E-state index in [-0.39, 0.29) is 11.3 Å². The minimum atomic E-state index is -0.107. The van der Waals surface area contributed by atoms with E-state index in [1.54, 1.807) is 28.4 Å². The van der Waals surface area contributed by atoms with Crippen molar-refractivity contribution in [3.05, 3.63) is 40.1 Å². The predicted octanol–water partition coefficient (Wildman–Crippen LogP) is 3.06. The highest BCUT2D eigenvalue weighted by atomic mass is 35.5. The first-order valence-corrected chi connectivity index (χ1v) is 8.05. The minimum Gasteiger partial charge on any atom is -0.464 e. The Hall–Kier alpha value is -1.40. The molecule has 21 heavy (non-hydrogen) atoms. The van der Waals surface area contributed by atoms with Gasteiger partial charge in [-0.15, -0.1) is 11.8 Å². The lowest BCUT2D eigenvalue weighted by Gasteiger charge is -2.23. The smallest absolute Gasteiger partial charge is 0.234 e. The molecule has 2 aromatic rings. The number of carbonyl (C=O) groups excluding carboxylic acids is 1. The normalized spacial score (nSPS) is 18.8. The molecule has 2 aromatic heterocycles. The number of hydrogen-bond donors (Lipinski definition) is 0. The highest BCUT2D eigenvalue weighted by Gasteiger charge is 2.37. The SMILES string of the molecule is Cc1ccc(CN2C(=O)CSC2c2c(C)nn(C)c2Cl)o1. The Morgan fingerprint density at radius 2 is 2.24 bits per heavy atom. The molecule has 0 spiro atoms. The van der Waals surface area contributed by atoms with Crippen molar-refractivity contribution >= 4 is 29.3 Å². The van der Waals surface area contributed by atoms with Gasteiger partial charge in [-0.05, 0) is 26.0 Å². The molecule has 1 aliphatic heterocycles. The molecule has 7 heteroatoms. The van der Waals surface area contributed by atoms with Crippen molar-refractivity contribution in [1.29, 1.82) is 0 Å². The zero-order valence-corrected chi connectivity index (χ0v) is 13.7. The number of hydrogen-bond acceptors (Lipinski definition) is 4. The molecule has 1 saturated heterocycles. The van der Waals surface area contributed by atoms with Gasteiger partial charge in [0.1, 0.15) is 22.0 Å². The number of thioether (sulfide) groups is 1. The van der Waals surface area contributed by atoms with Gasteiger partial charge in [0.2, 0.25) is 5.91 Å². The van der Waals surface area contributed by atoms with Crippen LogP contribution in [0.5, 0.6) is 0 Å². The highest BCUT2D eigenvalue weighted by Crippen LogP contribution is 2.43. The maximum atomic E-state index is 12.2. The Bertz CT molecular complexity index is 694. The Morgan fingerprint density at radius 1 is 1.48 bits per heavy atom. The molecule has 3 rings (SSSR count). The molecule has 0 bridgehead atoms. The van der Waals surface area contributed by atoms with Crippen molar-refractivity contribution in [3.8, 4) is 0 Å². The van der Waals surface area contributed by atoms with Crippen LogP contribution in [0.25, 0.3) is 0 Å². The standard InChI is InChI=1S/C14H16ClN3O2S/c1-8-4-5-10(20-8)6-18-11(19)7-21-14(18)12-9(2)16-17(3)13(12)15/h4-5,14H,6-7H2,1-3H3. The van der Waals surface area contributed by atoms with Gasteiger partial charge in [0.05, 0.1) is 18.0 Å². The van der Waals surface area contributed by atoms with Crippen molar-refractivity contribution in [3.63, 3.8) is 0 Å². The molecule has 1 atom stereocenters. The summed E-state index contributed by atoms with van der Waals surface area (Å²) in [4.78, 5) is 14.0. The Labute approximate surface area is 132 Å². The molecule has 5 nitrogen and oxygen atoms in total. The predicted molar refractivity (Wildman–Crippen MR) is 82.1 cm³/mol. The maximum Gasteiger partial charge on any atom is 0.234 e. The number of furan rings is 1. The van der Waals surface area contributed by atoms with Crippen molar-refractivity contribution in [2.45, 2.75) is 25.8 Å². The number of halogens is 1. The third-order valence-corrected chi connectivity index (χ3v) is 5.20. The monoisotopic (exact) mass is 325 g/mol. The van der Waals surface area contributed by atoms with Gasteiger partial charge < -0.3 is 9.32 Å². The van der Waals surface area contributed by atoms with E-state index in [1.165, 1.54) is 0 Å². The molecule has 0 aliphatic carbocycles. The second kappa shape index (κ2) is 5.42. The average molecular weight is 326 g/mol. The summed E-state index contributed by atoms with van der Waals surface area (Å²) in [5.74, 6) is 2.18. The van der Waals surface area contributed by atoms with E-state index in [2.05, 4.69) is 5.10 Å². The van der Waals surface area contributed by atoms with Crippen LogP contribution in [0.4, 0.5) is 0 Å². The van der Waals surface area contributed by atoms with Crippen LogP contribution in [0.1, 0.15) is 28.2 Å². The van der Waals surface area contributed by atoms with Crippen molar-refractivity contribution in [2.75, 3.05) is 5.75 Å². The largest absolute Gasteiger partial charge is 0.464 e. The Morgan fingerprint density at radius 3 is 2.81 bits per heavy atom. The number of nitrogens with zero attached hydrogens (tertiary/aromatic N) is 3. The van der Waals surface area contributed by atoms with Crippen molar-refractivity contribution < 1.29 is 9.21 Å². The van der Waals surface area contributed by atoms with E-state index in [0.29, 0.717) is 17.5 Å². The molecule has 0 radical (unpaired) electrons. The molecule has 112 valence electrons. The summed E-state index contributed by atoms with van der Waals surface area (Å²) >= 11 is 7.92. The van der Waals surface area contributed by atoms with Crippen LogP contribution < -0.4 is 0 Å². The van der Waals surface area contributed by atoms with Crippen LogP contribution in [-0.2, 0) is 18.4 Å². The first-order valence-electron chi connectivity index (χ1n) is 6.62. The van der Waals surface area contributed by atoms with E-state index >= 15 is 0 Å². The summed E-state index contributed by atoms with van der Waals surface area (Å²) in [5, 5.41) is 4.81. The van der Waals surface area contributed by atoms with Gasteiger partial charge in [0.25, 0.3) is 0 Å². The minimum absolute atomic E-state index is 0.0957. The summed E-state index contributed by atoms with van der Waals surface area (Å²) in [5.41, 5.74) is 1.77. The lowest BCUT2D eigenvalue weighted by molar-refractivity contribution is -0.128. The third-order valence-electron chi connectivity index (χ3n) is 3.53. The molecular formula is C14H16ClN3O2S. The van der Waals surface area contributed by atoms with E-state index in [9.17, 15) is 4.79 Å². The molecule has 1 amide bonds. The summed E-state index contributed by atoms with van der Waals surface area (Å²) in [6, 6.07) is 3.81. The topological polar surface area (TPSA) is 51.3 Å². The van der Waals surface area contributed by atoms with Crippen LogP contribution >= 0.6 is 23.4 Å². The zero-order valence-electron chi connectivity index (χ0n) is 12.1. The number of aryl methyl sites for hydroxylation is 3. The third kappa shape index (κ3) is 2.58. The summed E-state index contributed by atoms with van der Waals surface area (Å²) < 4.78 is 7.23. The fourth-order valence-corrected chi connectivity index (χ4v) is 4.16. The van der Waals surface area contributed by atoms with Gasteiger partial charge in [0, 0.05) is 12.6 Å². The van der Waals surface area contributed by atoms with Crippen LogP contribution in [0.2, 0.25) is 5.15 Å². The van der Waals surface area contributed by atoms with Crippen LogP contribution in [0, 0.1) is 13.8 Å². The molecule has 0 N–H and O–H groups in total. The highest BCUT2D eigenvalue weighted by molar-refractivity contribution is 8.00. The maximum absolute atomic E-state index is 12.2. The quantitative estimate of drug-likeness (QED) is 0.870. The summed E-state index contributed by atoms with van der Waals surface area (Å²) in [6.07, 6.45) is 0. The van der Waals surface area contributed by atoms with E-state index < -0.39 is 0 Å². The van der Waals surface area contributed by atoms with Gasteiger partial charge in [-0.3, -0.25) is 9.48 Å².